The third-order valence-corrected chi connectivity index (χ3v) is 6.07. The molecule has 0 fully saturated rings. The van der Waals surface area contributed by atoms with Crippen LogP contribution in [0.15, 0.2) is 60.7 Å². The van der Waals surface area contributed by atoms with Crippen LogP contribution in [0.2, 0.25) is 0 Å². The smallest absolute Gasteiger partial charge is 0.408 e. The molecule has 220 valence electrons. The van der Waals surface area contributed by atoms with Gasteiger partial charge in [-0.05, 0) is 41.0 Å². The maximum atomic E-state index is 13.3. The Kier molecular flexibility index (Phi) is 12.4. The zero-order chi connectivity index (χ0) is 29.6. The molecule has 41 heavy (non-hydrogen) atoms. The van der Waals surface area contributed by atoms with E-state index in [1.165, 1.54) is 4.80 Å². The molecule has 3 aromatic rings. The molecule has 0 aliphatic heterocycles. The number of alkyl carbamates (subject to hydrolysis) is 1. The van der Waals surface area contributed by atoms with Crippen molar-refractivity contribution in [2.24, 2.45) is 11.8 Å². The number of amides is 2. The molecule has 0 bridgehead atoms. The molecule has 2 aromatic carbocycles. The van der Waals surface area contributed by atoms with Gasteiger partial charge in [-0.25, -0.2) is 4.79 Å². The Labute approximate surface area is 241 Å². The molecule has 0 spiro atoms. The van der Waals surface area contributed by atoms with Crippen LogP contribution in [0.25, 0.3) is 0 Å². The third-order valence-electron chi connectivity index (χ3n) is 6.07. The Bertz CT molecular complexity index is 1230. The highest BCUT2D eigenvalue weighted by Crippen LogP contribution is 2.11. The van der Waals surface area contributed by atoms with Crippen LogP contribution in [0.1, 0.15) is 57.5 Å². The number of ether oxygens (including phenoxy) is 2. The lowest BCUT2D eigenvalue weighted by atomic mass is 9.98. The molecule has 0 unspecified atom stereocenters. The third kappa shape index (κ3) is 11.5. The largest absolute Gasteiger partial charge is 0.445 e. The Morgan fingerprint density at radius 2 is 1.37 bits per heavy atom. The number of hydrogen-bond donors (Lipinski definition) is 2. The SMILES string of the molecule is CC(C)C[C@H](NC(=O)[C@H](CC(C)C)NC(=O)OCc1ccccc1)C(=O)Cn1nnc(COCc2ccccc2)n1. The second-order valence-corrected chi connectivity index (χ2v) is 10.8. The van der Waals surface area contributed by atoms with Crippen molar-refractivity contribution in [3.63, 3.8) is 0 Å². The first kappa shape index (κ1) is 31.4. The minimum Gasteiger partial charge on any atom is -0.445 e. The van der Waals surface area contributed by atoms with Crippen molar-refractivity contribution in [2.45, 2.75) is 79.0 Å². The number of hydrogen-bond acceptors (Lipinski definition) is 8. The quantitative estimate of drug-likeness (QED) is 0.268. The summed E-state index contributed by atoms with van der Waals surface area (Å²) in [5.74, 6) is -0.121. The van der Waals surface area contributed by atoms with Gasteiger partial charge in [-0.3, -0.25) is 9.59 Å². The van der Waals surface area contributed by atoms with Crippen LogP contribution in [-0.2, 0) is 45.4 Å². The van der Waals surface area contributed by atoms with E-state index in [0.717, 1.165) is 11.1 Å². The number of Topliss-reactive ketones (excluding diaryl/α,β-unsaturated/α-hetero) is 1. The first-order valence-electron chi connectivity index (χ1n) is 13.9. The van der Waals surface area contributed by atoms with E-state index in [4.69, 9.17) is 9.47 Å². The minimum absolute atomic E-state index is 0.0847. The van der Waals surface area contributed by atoms with Gasteiger partial charge in [0.05, 0.1) is 12.6 Å². The molecule has 2 atom stereocenters. The van der Waals surface area contributed by atoms with E-state index in [1.807, 2.05) is 88.4 Å². The van der Waals surface area contributed by atoms with Gasteiger partial charge in [0.2, 0.25) is 5.91 Å². The topological polar surface area (TPSA) is 137 Å². The highest BCUT2D eigenvalue weighted by atomic mass is 16.5. The first-order valence-corrected chi connectivity index (χ1v) is 13.9. The van der Waals surface area contributed by atoms with Crippen molar-refractivity contribution in [1.29, 1.82) is 0 Å². The number of rotatable bonds is 16. The number of carbonyl (C=O) groups is 3. The molecular weight excluding hydrogens is 524 g/mol. The molecule has 11 heteroatoms. The number of ketones is 1. The summed E-state index contributed by atoms with van der Waals surface area (Å²) >= 11 is 0. The fraction of sp³-hybridized carbons (Fsp3) is 0.467. The number of carbonyl (C=O) groups excluding carboxylic acids is 3. The minimum atomic E-state index is -0.862. The second kappa shape index (κ2) is 16.2. The van der Waals surface area contributed by atoms with Crippen LogP contribution in [0.5, 0.6) is 0 Å². The molecule has 3 rings (SSSR count). The molecule has 0 saturated carbocycles. The standard InChI is InChI=1S/C30H40N6O5/c1-21(2)15-25(27(37)17-36-34-28(33-35-36)20-40-18-23-11-7-5-8-12-23)31-29(38)26(16-22(3)4)32-30(39)41-19-24-13-9-6-10-14-24/h5-14,21-22,25-26H,15-20H2,1-4H3,(H,31,38)(H,32,39)/t25-,26-/m0/s1. The van der Waals surface area contributed by atoms with Crippen LogP contribution in [-0.4, -0.2) is 50.1 Å². The average molecular weight is 565 g/mol. The molecule has 2 N–H and O–H groups in total. The first-order chi connectivity index (χ1) is 19.7. The molecule has 11 nitrogen and oxygen atoms in total. The molecular formula is C30H40N6O5. The van der Waals surface area contributed by atoms with Gasteiger partial charge in [0, 0.05) is 0 Å². The van der Waals surface area contributed by atoms with Crippen molar-refractivity contribution in [2.75, 3.05) is 0 Å². The lowest BCUT2D eigenvalue weighted by Crippen LogP contribution is -2.52. The zero-order valence-electron chi connectivity index (χ0n) is 24.2. The van der Waals surface area contributed by atoms with Gasteiger partial charge in [-0.15, -0.1) is 10.2 Å². The lowest BCUT2D eigenvalue weighted by Gasteiger charge is -2.24. The van der Waals surface area contributed by atoms with Gasteiger partial charge in [-0.1, -0.05) is 88.4 Å². The van der Waals surface area contributed by atoms with Gasteiger partial charge >= 0.3 is 6.09 Å². The van der Waals surface area contributed by atoms with Crippen LogP contribution >= 0.6 is 0 Å². The highest BCUT2D eigenvalue weighted by molar-refractivity contribution is 5.92. The van der Waals surface area contributed by atoms with E-state index >= 15 is 0 Å². The van der Waals surface area contributed by atoms with E-state index < -0.39 is 24.1 Å². The second-order valence-electron chi connectivity index (χ2n) is 10.8. The Hall–Kier alpha value is -4.12. The lowest BCUT2D eigenvalue weighted by molar-refractivity contribution is -0.130. The fourth-order valence-electron chi connectivity index (χ4n) is 4.11. The summed E-state index contributed by atoms with van der Waals surface area (Å²) in [5, 5.41) is 17.7. The molecule has 0 radical (unpaired) electrons. The summed E-state index contributed by atoms with van der Waals surface area (Å²) in [7, 11) is 0. The van der Waals surface area contributed by atoms with Crippen molar-refractivity contribution < 1.29 is 23.9 Å². The van der Waals surface area contributed by atoms with Crippen LogP contribution in [0.4, 0.5) is 4.79 Å². The van der Waals surface area contributed by atoms with Crippen LogP contribution in [0.3, 0.4) is 0 Å². The summed E-state index contributed by atoms with van der Waals surface area (Å²) in [6.45, 7) is 8.31. The van der Waals surface area contributed by atoms with Crippen molar-refractivity contribution >= 4 is 17.8 Å². The van der Waals surface area contributed by atoms with E-state index in [9.17, 15) is 14.4 Å². The van der Waals surface area contributed by atoms with Crippen LogP contribution < -0.4 is 10.6 Å². The average Bonchev–Trinajstić information content (AvgIpc) is 3.38. The van der Waals surface area contributed by atoms with Gasteiger partial charge in [-0.2, -0.15) is 4.80 Å². The number of nitrogens with one attached hydrogen (secondary N) is 2. The van der Waals surface area contributed by atoms with E-state index in [-0.39, 0.29) is 37.4 Å². The molecule has 2 amide bonds. The normalized spacial score (nSPS) is 12.6. The number of benzene rings is 2. The van der Waals surface area contributed by atoms with Gasteiger partial charge in [0.25, 0.3) is 0 Å². The van der Waals surface area contributed by atoms with Gasteiger partial charge in [0.1, 0.15) is 25.8 Å². The summed E-state index contributed by atoms with van der Waals surface area (Å²) in [5.41, 5.74) is 1.86. The number of tetrazole rings is 1. The number of aromatic nitrogens is 4. The van der Waals surface area contributed by atoms with Crippen molar-refractivity contribution in [3.8, 4) is 0 Å². The molecule has 1 aromatic heterocycles. The Morgan fingerprint density at radius 1 is 0.780 bits per heavy atom. The molecule has 1 heterocycles. The Balaban J connectivity index is 1.56. The summed E-state index contributed by atoms with van der Waals surface area (Å²) in [4.78, 5) is 40.2. The zero-order valence-corrected chi connectivity index (χ0v) is 24.2. The monoisotopic (exact) mass is 564 g/mol. The maximum absolute atomic E-state index is 13.3. The van der Waals surface area contributed by atoms with Gasteiger partial charge < -0.3 is 20.1 Å². The highest BCUT2D eigenvalue weighted by Gasteiger charge is 2.28. The summed E-state index contributed by atoms with van der Waals surface area (Å²) in [6, 6.07) is 17.3. The van der Waals surface area contributed by atoms with Crippen molar-refractivity contribution in [1.82, 2.24) is 30.8 Å². The fourth-order valence-corrected chi connectivity index (χ4v) is 4.11. The van der Waals surface area contributed by atoms with Crippen LogP contribution in [0, 0.1) is 11.8 Å². The maximum Gasteiger partial charge on any atom is 0.408 e. The van der Waals surface area contributed by atoms with E-state index in [1.54, 1.807) is 0 Å². The van der Waals surface area contributed by atoms with E-state index in [0.29, 0.717) is 25.3 Å². The molecule has 0 aliphatic carbocycles. The number of nitrogens with zero attached hydrogens (tertiary/aromatic N) is 4. The van der Waals surface area contributed by atoms with E-state index in [2.05, 4.69) is 26.0 Å². The summed E-state index contributed by atoms with van der Waals surface area (Å²) in [6.07, 6.45) is 0.0978. The Morgan fingerprint density at radius 3 is 1.98 bits per heavy atom. The summed E-state index contributed by atoms with van der Waals surface area (Å²) < 4.78 is 11.0. The van der Waals surface area contributed by atoms with Crippen molar-refractivity contribution in [3.05, 3.63) is 77.6 Å². The predicted octanol–water partition coefficient (Wildman–Crippen LogP) is 3.83. The predicted molar refractivity (Wildman–Crippen MR) is 152 cm³/mol. The molecule has 0 saturated heterocycles. The van der Waals surface area contributed by atoms with Gasteiger partial charge in [0.15, 0.2) is 11.6 Å². The molecule has 0 aliphatic rings.